The monoisotopic (exact) mass is 422 g/mol. The van der Waals surface area contributed by atoms with Crippen molar-refractivity contribution in [2.75, 3.05) is 6.61 Å². The summed E-state index contributed by atoms with van der Waals surface area (Å²) in [5.74, 6) is 1.78. The molecule has 0 radical (unpaired) electrons. The number of fused-ring (bicyclic) bond motifs is 3. The van der Waals surface area contributed by atoms with Crippen LogP contribution in [0.25, 0.3) is 0 Å². The average molecular weight is 423 g/mol. The predicted octanol–water partition coefficient (Wildman–Crippen LogP) is 7.42. The van der Waals surface area contributed by atoms with Gasteiger partial charge in [-0.15, -0.1) is 0 Å². The van der Waals surface area contributed by atoms with Gasteiger partial charge in [0.15, 0.2) is 8.32 Å². The van der Waals surface area contributed by atoms with Gasteiger partial charge in [-0.1, -0.05) is 54.9 Å². The van der Waals surface area contributed by atoms with E-state index in [0.29, 0.717) is 16.7 Å². The van der Waals surface area contributed by atoms with Gasteiger partial charge >= 0.3 is 0 Å². The molecule has 29 heavy (non-hydrogen) atoms. The molecule has 0 amide bonds. The van der Waals surface area contributed by atoms with Crippen LogP contribution < -0.4 is 0 Å². The average Bonchev–Trinajstić information content (AvgIpc) is 2.50. The van der Waals surface area contributed by atoms with Gasteiger partial charge in [0.25, 0.3) is 0 Å². The van der Waals surface area contributed by atoms with Gasteiger partial charge in [0.1, 0.15) is 0 Å². The molecule has 0 spiro atoms. The molecule has 0 aromatic heterocycles. The van der Waals surface area contributed by atoms with E-state index < -0.39 is 13.9 Å². The molecule has 170 valence electrons. The van der Waals surface area contributed by atoms with E-state index in [0.717, 1.165) is 18.9 Å². The molecule has 0 heterocycles. The molecule has 3 saturated carbocycles. The molecule has 0 aliphatic heterocycles. The minimum absolute atomic E-state index is 0.183. The molecule has 2 nitrogen and oxygen atoms in total. The lowest BCUT2D eigenvalue weighted by atomic mass is 9.38. The number of rotatable bonds is 3. The van der Waals surface area contributed by atoms with Crippen LogP contribution in [0, 0.1) is 34.0 Å². The highest BCUT2D eigenvalue weighted by molar-refractivity contribution is 6.74. The molecular formula is C26H50O2Si. The van der Waals surface area contributed by atoms with Gasteiger partial charge < -0.3 is 9.53 Å². The summed E-state index contributed by atoms with van der Waals surface area (Å²) in [4.78, 5) is 0. The Hall–Kier alpha value is 0.137. The van der Waals surface area contributed by atoms with Crippen molar-refractivity contribution in [1.29, 1.82) is 0 Å². The number of hydrogen-bond donors (Lipinski definition) is 1. The highest BCUT2D eigenvalue weighted by Gasteiger charge is 2.64. The molecule has 3 heteroatoms. The van der Waals surface area contributed by atoms with Crippen LogP contribution in [-0.4, -0.2) is 25.6 Å². The topological polar surface area (TPSA) is 29.5 Å². The summed E-state index contributed by atoms with van der Waals surface area (Å²) in [6.45, 7) is 24.7. The van der Waals surface area contributed by atoms with Gasteiger partial charge in [-0.2, -0.15) is 0 Å². The fraction of sp³-hybridized carbons (Fsp3) is 1.00. The second-order valence-corrected chi connectivity index (χ2v) is 18.8. The van der Waals surface area contributed by atoms with E-state index in [2.05, 4.69) is 68.5 Å². The van der Waals surface area contributed by atoms with Gasteiger partial charge in [0.05, 0.1) is 5.60 Å². The predicted molar refractivity (Wildman–Crippen MR) is 127 cm³/mol. The van der Waals surface area contributed by atoms with Crippen molar-refractivity contribution in [3.05, 3.63) is 0 Å². The Balaban J connectivity index is 1.92. The second kappa shape index (κ2) is 7.07. The fourth-order valence-electron chi connectivity index (χ4n) is 7.96. The summed E-state index contributed by atoms with van der Waals surface area (Å²) in [7, 11) is -1.83. The van der Waals surface area contributed by atoms with Crippen LogP contribution in [-0.2, 0) is 4.43 Å². The van der Waals surface area contributed by atoms with Crippen molar-refractivity contribution in [2.45, 2.75) is 124 Å². The van der Waals surface area contributed by atoms with Gasteiger partial charge in [0.2, 0.25) is 0 Å². The Bertz CT molecular complexity index is 617. The summed E-state index contributed by atoms with van der Waals surface area (Å²) >= 11 is 0. The van der Waals surface area contributed by atoms with Crippen LogP contribution in [0.1, 0.15) is 100 Å². The molecule has 0 aromatic carbocycles. The first-order chi connectivity index (χ1) is 13.0. The van der Waals surface area contributed by atoms with E-state index in [9.17, 15) is 5.11 Å². The lowest BCUT2D eigenvalue weighted by Crippen LogP contribution is -2.63. The van der Waals surface area contributed by atoms with Gasteiger partial charge in [-0.3, -0.25) is 0 Å². The Morgan fingerprint density at radius 3 is 2.03 bits per heavy atom. The largest absolute Gasteiger partial charge is 0.416 e. The molecule has 0 bridgehead atoms. The Morgan fingerprint density at radius 2 is 1.45 bits per heavy atom. The third kappa shape index (κ3) is 3.80. The van der Waals surface area contributed by atoms with Crippen LogP contribution in [0.5, 0.6) is 0 Å². The van der Waals surface area contributed by atoms with Crippen molar-refractivity contribution in [3.63, 3.8) is 0 Å². The highest BCUT2D eigenvalue weighted by atomic mass is 28.4. The first-order valence-electron chi connectivity index (χ1n) is 12.3. The molecule has 1 N–H and O–H groups in total. The van der Waals surface area contributed by atoms with Crippen LogP contribution in [0.4, 0.5) is 0 Å². The molecule has 6 atom stereocenters. The van der Waals surface area contributed by atoms with E-state index in [-0.39, 0.29) is 16.4 Å². The highest BCUT2D eigenvalue weighted by Crippen LogP contribution is 2.69. The summed E-state index contributed by atoms with van der Waals surface area (Å²) in [5, 5.41) is 11.8. The van der Waals surface area contributed by atoms with Gasteiger partial charge in [0, 0.05) is 12.5 Å². The summed E-state index contributed by atoms with van der Waals surface area (Å²) in [5.41, 5.74) is 0.450. The molecule has 3 fully saturated rings. The standard InChI is InChI=1S/C26H50O2Si/c1-22(2,3)29(9,10)28-18-21-25(7)16-12-19-23(4,5)14-11-15-24(19,6)20(25)13-17-26(21,8)27/h19-21,27H,11-18H2,1-10H3/t19-,20+,21-,24-,25+,26-/m0/s1. The normalized spacial score (nSPS) is 45.4. The lowest BCUT2D eigenvalue weighted by Gasteiger charge is -2.67. The zero-order valence-corrected chi connectivity index (χ0v) is 22.2. The molecule has 0 unspecified atom stereocenters. The zero-order chi connectivity index (χ0) is 22.1. The van der Waals surface area contributed by atoms with Crippen LogP contribution >= 0.6 is 0 Å². The van der Waals surface area contributed by atoms with Gasteiger partial charge in [-0.25, -0.2) is 0 Å². The quantitative estimate of drug-likeness (QED) is 0.479. The zero-order valence-electron chi connectivity index (χ0n) is 21.2. The third-order valence-corrected chi connectivity index (χ3v) is 15.2. The van der Waals surface area contributed by atoms with Crippen molar-refractivity contribution in [2.24, 2.45) is 34.0 Å². The van der Waals surface area contributed by atoms with Gasteiger partial charge in [-0.05, 0) is 91.7 Å². The minimum Gasteiger partial charge on any atom is -0.416 e. The maximum atomic E-state index is 11.6. The third-order valence-electron chi connectivity index (χ3n) is 10.7. The fourth-order valence-corrected chi connectivity index (χ4v) is 8.98. The van der Waals surface area contributed by atoms with E-state index in [4.69, 9.17) is 4.43 Å². The molecule has 3 aliphatic rings. The first-order valence-corrected chi connectivity index (χ1v) is 15.2. The smallest absolute Gasteiger partial charge is 0.191 e. The SMILES string of the molecule is CC1(C)CCC[C@]2(C)[C@H]3CC[C@](C)(O)[C@@H](CO[Si](C)(C)C(C)(C)C)[C@]3(C)CC[C@@H]12. The van der Waals surface area contributed by atoms with Crippen molar-refractivity contribution < 1.29 is 9.53 Å². The van der Waals surface area contributed by atoms with E-state index in [1.165, 1.54) is 38.5 Å². The molecular weight excluding hydrogens is 372 g/mol. The molecule has 0 saturated heterocycles. The minimum atomic E-state index is -1.83. The van der Waals surface area contributed by atoms with Crippen molar-refractivity contribution in [3.8, 4) is 0 Å². The lowest BCUT2D eigenvalue weighted by molar-refractivity contribution is -0.216. The molecule has 3 rings (SSSR count). The second-order valence-electron chi connectivity index (χ2n) is 14.0. The van der Waals surface area contributed by atoms with E-state index in [1.54, 1.807) is 0 Å². The van der Waals surface area contributed by atoms with Crippen LogP contribution in [0.3, 0.4) is 0 Å². The Labute approximate surface area is 182 Å². The summed E-state index contributed by atoms with van der Waals surface area (Å²) in [6, 6.07) is 0. The summed E-state index contributed by atoms with van der Waals surface area (Å²) in [6.07, 6.45) is 8.82. The maximum absolute atomic E-state index is 11.6. The number of hydrogen-bond acceptors (Lipinski definition) is 2. The Morgan fingerprint density at radius 1 is 0.862 bits per heavy atom. The Kier molecular flexibility index (Phi) is 5.80. The van der Waals surface area contributed by atoms with Crippen molar-refractivity contribution in [1.82, 2.24) is 0 Å². The van der Waals surface area contributed by atoms with Crippen LogP contribution in [0.15, 0.2) is 0 Å². The van der Waals surface area contributed by atoms with Crippen LogP contribution in [0.2, 0.25) is 18.1 Å². The van der Waals surface area contributed by atoms with Crippen molar-refractivity contribution >= 4 is 8.32 Å². The maximum Gasteiger partial charge on any atom is 0.191 e. The first kappa shape index (κ1) is 23.8. The molecule has 0 aromatic rings. The summed E-state index contributed by atoms with van der Waals surface area (Å²) < 4.78 is 6.77. The number of aliphatic hydroxyl groups is 1. The van der Waals surface area contributed by atoms with E-state index >= 15 is 0 Å². The molecule has 3 aliphatic carbocycles. The van der Waals surface area contributed by atoms with E-state index in [1.807, 2.05) is 0 Å².